The number of carbonyl (C=O) groups is 1. The van der Waals surface area contributed by atoms with Gasteiger partial charge in [0.15, 0.2) is 0 Å². The highest BCUT2D eigenvalue weighted by Crippen LogP contribution is 2.20. The van der Waals surface area contributed by atoms with Crippen LogP contribution in [-0.4, -0.2) is 51.2 Å². The van der Waals surface area contributed by atoms with E-state index in [0.29, 0.717) is 0 Å². The standard InChI is InChI=1S/C15H28N4OS/c1-7-19(8-2)9-10-21-13(5)15(20)16-14-11(3)17-18(6)12(14)4/h13H,7-10H2,1-6H3,(H,16,20). The molecule has 0 aliphatic rings. The number of carbonyl (C=O) groups excluding carboxylic acids is 1. The van der Waals surface area contributed by atoms with E-state index in [0.717, 1.165) is 42.5 Å². The van der Waals surface area contributed by atoms with Crippen molar-refractivity contribution in [3.05, 3.63) is 11.4 Å². The first-order valence-electron chi connectivity index (χ1n) is 7.55. The molecule has 0 aliphatic carbocycles. The smallest absolute Gasteiger partial charge is 0.237 e. The Morgan fingerprint density at radius 2 is 2.00 bits per heavy atom. The van der Waals surface area contributed by atoms with Gasteiger partial charge in [0.25, 0.3) is 0 Å². The van der Waals surface area contributed by atoms with Gasteiger partial charge >= 0.3 is 0 Å². The maximum atomic E-state index is 12.3. The van der Waals surface area contributed by atoms with E-state index in [2.05, 4.69) is 29.2 Å². The fraction of sp³-hybridized carbons (Fsp3) is 0.733. The molecule has 1 unspecified atom stereocenters. The fourth-order valence-corrected chi connectivity index (χ4v) is 3.08. The van der Waals surface area contributed by atoms with Crippen molar-refractivity contribution in [3.63, 3.8) is 0 Å². The highest BCUT2D eigenvalue weighted by atomic mass is 32.2. The first-order chi connectivity index (χ1) is 9.90. The Bertz CT molecular complexity index is 468. The van der Waals surface area contributed by atoms with Crippen LogP contribution in [0.3, 0.4) is 0 Å². The lowest BCUT2D eigenvalue weighted by Gasteiger charge is -2.19. The molecule has 120 valence electrons. The van der Waals surface area contributed by atoms with E-state index in [-0.39, 0.29) is 11.2 Å². The Labute approximate surface area is 132 Å². The van der Waals surface area contributed by atoms with E-state index in [1.165, 1.54) is 0 Å². The summed E-state index contributed by atoms with van der Waals surface area (Å²) < 4.78 is 1.79. The van der Waals surface area contributed by atoms with Crippen LogP contribution in [0.1, 0.15) is 32.2 Å². The van der Waals surface area contributed by atoms with E-state index in [1.807, 2.05) is 27.8 Å². The van der Waals surface area contributed by atoms with Crippen LogP contribution < -0.4 is 5.32 Å². The van der Waals surface area contributed by atoms with Crippen molar-refractivity contribution in [1.82, 2.24) is 14.7 Å². The third-order valence-electron chi connectivity index (χ3n) is 3.80. The highest BCUT2D eigenvalue weighted by Gasteiger charge is 2.17. The lowest BCUT2D eigenvalue weighted by Crippen LogP contribution is -2.28. The number of nitrogens with one attached hydrogen (secondary N) is 1. The Morgan fingerprint density at radius 1 is 1.38 bits per heavy atom. The van der Waals surface area contributed by atoms with Crippen molar-refractivity contribution in [2.45, 2.75) is 39.9 Å². The van der Waals surface area contributed by atoms with Crippen LogP contribution in [0.15, 0.2) is 0 Å². The van der Waals surface area contributed by atoms with Crippen molar-refractivity contribution in [1.29, 1.82) is 0 Å². The summed E-state index contributed by atoms with van der Waals surface area (Å²) in [5.41, 5.74) is 2.70. The first kappa shape index (κ1) is 18.0. The molecule has 0 aliphatic heterocycles. The Hall–Kier alpha value is -1.01. The number of hydrogen-bond acceptors (Lipinski definition) is 4. The number of anilines is 1. The molecule has 0 radical (unpaired) electrons. The van der Waals surface area contributed by atoms with Gasteiger partial charge in [0.1, 0.15) is 0 Å². The summed E-state index contributed by atoms with van der Waals surface area (Å²) in [6.45, 7) is 13.3. The molecule has 0 saturated heterocycles. The number of thioether (sulfide) groups is 1. The number of aryl methyl sites for hydroxylation is 2. The second-order valence-corrected chi connectivity index (χ2v) is 6.65. The van der Waals surface area contributed by atoms with Crippen LogP contribution in [0, 0.1) is 13.8 Å². The molecule has 0 saturated carbocycles. The molecule has 1 amide bonds. The number of nitrogens with zero attached hydrogens (tertiary/aromatic N) is 3. The van der Waals surface area contributed by atoms with E-state index < -0.39 is 0 Å². The highest BCUT2D eigenvalue weighted by molar-refractivity contribution is 8.00. The van der Waals surface area contributed by atoms with Gasteiger partial charge in [-0.3, -0.25) is 9.48 Å². The molecule has 1 atom stereocenters. The van der Waals surface area contributed by atoms with Gasteiger partial charge in [0.2, 0.25) is 5.91 Å². The van der Waals surface area contributed by atoms with Crippen molar-refractivity contribution in [3.8, 4) is 0 Å². The van der Waals surface area contributed by atoms with Crippen LogP contribution >= 0.6 is 11.8 Å². The molecule has 1 rings (SSSR count). The summed E-state index contributed by atoms with van der Waals surface area (Å²) in [5.74, 6) is 1.03. The molecule has 1 N–H and O–H groups in total. The minimum atomic E-state index is -0.0560. The molecule has 1 heterocycles. The summed E-state index contributed by atoms with van der Waals surface area (Å²) in [4.78, 5) is 14.6. The average molecular weight is 312 g/mol. The lowest BCUT2D eigenvalue weighted by molar-refractivity contribution is -0.115. The third kappa shape index (κ3) is 5.04. The molecule has 6 heteroatoms. The second-order valence-electron chi connectivity index (χ2n) is 5.20. The third-order valence-corrected chi connectivity index (χ3v) is 4.93. The Balaban J connectivity index is 2.48. The lowest BCUT2D eigenvalue weighted by atomic mass is 10.3. The molecule has 5 nitrogen and oxygen atoms in total. The van der Waals surface area contributed by atoms with Crippen LogP contribution in [0.25, 0.3) is 0 Å². The van der Waals surface area contributed by atoms with Gasteiger partial charge in [-0.2, -0.15) is 5.10 Å². The molecule has 0 fully saturated rings. The molecule has 1 aromatic rings. The summed E-state index contributed by atoms with van der Waals surface area (Å²) in [5, 5.41) is 7.27. The van der Waals surface area contributed by atoms with Gasteiger partial charge in [-0.05, 0) is 33.9 Å². The minimum absolute atomic E-state index is 0.0544. The van der Waals surface area contributed by atoms with Gasteiger partial charge in [-0.1, -0.05) is 13.8 Å². The maximum absolute atomic E-state index is 12.3. The predicted molar refractivity (Wildman–Crippen MR) is 91.0 cm³/mol. The largest absolute Gasteiger partial charge is 0.322 e. The second kappa shape index (κ2) is 8.44. The molecular formula is C15H28N4OS. The van der Waals surface area contributed by atoms with E-state index in [1.54, 1.807) is 16.4 Å². The Kier molecular flexibility index (Phi) is 7.25. The first-order valence-corrected chi connectivity index (χ1v) is 8.60. The predicted octanol–water partition coefficient (Wildman–Crippen LogP) is 2.44. The van der Waals surface area contributed by atoms with Gasteiger partial charge in [0, 0.05) is 19.3 Å². The van der Waals surface area contributed by atoms with Gasteiger partial charge in [-0.25, -0.2) is 0 Å². The van der Waals surface area contributed by atoms with E-state index >= 15 is 0 Å². The van der Waals surface area contributed by atoms with Gasteiger partial charge < -0.3 is 10.2 Å². The van der Waals surface area contributed by atoms with Gasteiger partial charge in [0.05, 0.1) is 22.3 Å². The van der Waals surface area contributed by atoms with Gasteiger partial charge in [-0.15, -0.1) is 11.8 Å². The zero-order valence-corrected chi connectivity index (χ0v) is 14.9. The fourth-order valence-electron chi connectivity index (χ4n) is 2.15. The SMILES string of the molecule is CCN(CC)CCSC(C)C(=O)Nc1c(C)nn(C)c1C. The maximum Gasteiger partial charge on any atom is 0.237 e. The summed E-state index contributed by atoms with van der Waals surface area (Å²) >= 11 is 1.70. The van der Waals surface area contributed by atoms with Crippen LogP contribution in [-0.2, 0) is 11.8 Å². The zero-order valence-electron chi connectivity index (χ0n) is 14.1. The minimum Gasteiger partial charge on any atom is -0.322 e. The van der Waals surface area contributed by atoms with E-state index in [4.69, 9.17) is 0 Å². The quantitative estimate of drug-likeness (QED) is 0.801. The number of amides is 1. The number of rotatable bonds is 8. The molecule has 1 aromatic heterocycles. The van der Waals surface area contributed by atoms with E-state index in [9.17, 15) is 4.79 Å². The molecule has 0 aromatic carbocycles. The summed E-state index contributed by atoms with van der Waals surface area (Å²) in [6, 6.07) is 0. The van der Waals surface area contributed by atoms with Crippen molar-refractivity contribution >= 4 is 23.4 Å². The van der Waals surface area contributed by atoms with Crippen molar-refractivity contribution in [2.24, 2.45) is 7.05 Å². The molecule has 21 heavy (non-hydrogen) atoms. The van der Waals surface area contributed by atoms with Crippen molar-refractivity contribution < 1.29 is 4.79 Å². The van der Waals surface area contributed by atoms with Crippen LogP contribution in [0.4, 0.5) is 5.69 Å². The molecule has 0 spiro atoms. The zero-order chi connectivity index (χ0) is 16.0. The number of hydrogen-bond donors (Lipinski definition) is 1. The molecule has 0 bridgehead atoms. The van der Waals surface area contributed by atoms with Crippen molar-refractivity contribution in [2.75, 3.05) is 30.7 Å². The summed E-state index contributed by atoms with van der Waals surface area (Å²) in [7, 11) is 1.89. The Morgan fingerprint density at radius 3 is 2.48 bits per heavy atom. The monoisotopic (exact) mass is 312 g/mol. The molecular weight excluding hydrogens is 284 g/mol. The number of aromatic nitrogens is 2. The normalized spacial score (nSPS) is 12.7. The van der Waals surface area contributed by atoms with Crippen LogP contribution in [0.5, 0.6) is 0 Å². The van der Waals surface area contributed by atoms with Crippen LogP contribution in [0.2, 0.25) is 0 Å². The topological polar surface area (TPSA) is 50.2 Å². The summed E-state index contributed by atoms with van der Waals surface area (Å²) in [6.07, 6.45) is 0. The average Bonchev–Trinajstić information content (AvgIpc) is 2.69.